The number of pyridine rings is 1. The van der Waals surface area contributed by atoms with Crippen LogP contribution >= 0.6 is 34.8 Å². The quantitative estimate of drug-likeness (QED) is 0.290. The smallest absolute Gasteiger partial charge is 0.226 e. The van der Waals surface area contributed by atoms with E-state index in [-0.39, 0.29) is 6.61 Å². The standard InChI is InChI=1S/C23H14Cl3N3O/c24-15-9-10-19(26)21(11-15)29-23(30-13-14-5-1-3-7-18(14)25)17-12-27-20-8-4-2-6-16(20)22(17)28-29/h1-12H,13H2. The highest BCUT2D eigenvalue weighted by atomic mass is 35.5. The van der Waals surface area contributed by atoms with Crippen LogP contribution in [0.25, 0.3) is 27.5 Å². The molecule has 0 aliphatic rings. The Hall–Kier alpha value is -2.79. The highest BCUT2D eigenvalue weighted by molar-refractivity contribution is 6.34. The molecule has 148 valence electrons. The highest BCUT2D eigenvalue weighted by Crippen LogP contribution is 2.35. The van der Waals surface area contributed by atoms with Crippen molar-refractivity contribution in [3.8, 4) is 11.6 Å². The molecule has 0 saturated carbocycles. The zero-order chi connectivity index (χ0) is 20.7. The Balaban J connectivity index is 1.72. The second-order valence-electron chi connectivity index (χ2n) is 6.73. The predicted molar refractivity (Wildman–Crippen MR) is 122 cm³/mol. The van der Waals surface area contributed by atoms with Crippen LogP contribution in [0.4, 0.5) is 0 Å². The van der Waals surface area contributed by atoms with Gasteiger partial charge < -0.3 is 4.74 Å². The first-order chi connectivity index (χ1) is 14.6. The first-order valence-corrected chi connectivity index (χ1v) is 10.3. The fraction of sp³-hybridized carbons (Fsp3) is 0.0435. The van der Waals surface area contributed by atoms with E-state index in [9.17, 15) is 0 Å². The third-order valence-electron chi connectivity index (χ3n) is 4.83. The Kier molecular flexibility index (Phi) is 4.99. The predicted octanol–water partition coefficient (Wildman–Crippen LogP) is 7.11. The molecule has 0 aliphatic heterocycles. The van der Waals surface area contributed by atoms with E-state index >= 15 is 0 Å². The zero-order valence-electron chi connectivity index (χ0n) is 15.5. The molecule has 7 heteroatoms. The van der Waals surface area contributed by atoms with Crippen molar-refractivity contribution >= 4 is 56.6 Å². The number of ether oxygens (including phenoxy) is 1. The van der Waals surface area contributed by atoms with E-state index in [1.807, 2.05) is 48.5 Å². The Labute approximate surface area is 187 Å². The molecule has 2 heterocycles. The molecule has 0 saturated heterocycles. The molecule has 0 aliphatic carbocycles. The number of aromatic nitrogens is 3. The fourth-order valence-corrected chi connectivity index (χ4v) is 3.92. The summed E-state index contributed by atoms with van der Waals surface area (Å²) < 4.78 is 7.90. The van der Waals surface area contributed by atoms with Gasteiger partial charge in [0.1, 0.15) is 12.1 Å². The van der Waals surface area contributed by atoms with Crippen molar-refractivity contribution in [1.29, 1.82) is 0 Å². The van der Waals surface area contributed by atoms with Crippen molar-refractivity contribution in [2.24, 2.45) is 0 Å². The molecule has 0 amide bonds. The molecule has 0 unspecified atom stereocenters. The molecule has 0 fully saturated rings. The third-order valence-corrected chi connectivity index (χ3v) is 5.75. The lowest BCUT2D eigenvalue weighted by atomic mass is 10.2. The van der Waals surface area contributed by atoms with Gasteiger partial charge in [-0.2, -0.15) is 9.78 Å². The first-order valence-electron chi connectivity index (χ1n) is 9.20. The zero-order valence-corrected chi connectivity index (χ0v) is 17.8. The van der Waals surface area contributed by atoms with Gasteiger partial charge in [0, 0.05) is 27.2 Å². The summed E-state index contributed by atoms with van der Waals surface area (Å²) in [4.78, 5) is 4.57. The van der Waals surface area contributed by atoms with Gasteiger partial charge in [-0.15, -0.1) is 0 Å². The summed E-state index contributed by atoms with van der Waals surface area (Å²) in [7, 11) is 0. The van der Waals surface area contributed by atoms with Crippen LogP contribution in [0.1, 0.15) is 5.56 Å². The van der Waals surface area contributed by atoms with E-state index < -0.39 is 0 Å². The Bertz CT molecular complexity index is 1400. The second-order valence-corrected chi connectivity index (χ2v) is 7.98. The lowest BCUT2D eigenvalue weighted by Gasteiger charge is -2.12. The van der Waals surface area contributed by atoms with Gasteiger partial charge in [-0.1, -0.05) is 71.2 Å². The lowest BCUT2D eigenvalue weighted by molar-refractivity contribution is 0.288. The summed E-state index contributed by atoms with van der Waals surface area (Å²) in [6, 6.07) is 20.6. The molecule has 4 nitrogen and oxygen atoms in total. The van der Waals surface area contributed by atoms with Crippen LogP contribution in [0, 0.1) is 0 Å². The Morgan fingerprint density at radius 1 is 0.833 bits per heavy atom. The minimum atomic E-state index is 0.269. The summed E-state index contributed by atoms with van der Waals surface area (Å²) in [5.41, 5.74) is 3.11. The van der Waals surface area contributed by atoms with Gasteiger partial charge in [0.25, 0.3) is 0 Å². The summed E-state index contributed by atoms with van der Waals surface area (Å²) in [6.45, 7) is 0.269. The molecular weight excluding hydrogens is 441 g/mol. The largest absolute Gasteiger partial charge is 0.472 e. The van der Waals surface area contributed by atoms with E-state index in [4.69, 9.17) is 44.6 Å². The van der Waals surface area contributed by atoms with E-state index in [1.165, 1.54) is 0 Å². The third kappa shape index (κ3) is 3.37. The normalized spacial score (nSPS) is 11.3. The minimum Gasteiger partial charge on any atom is -0.472 e. The molecule has 0 bridgehead atoms. The Morgan fingerprint density at radius 3 is 2.50 bits per heavy atom. The van der Waals surface area contributed by atoms with Gasteiger partial charge in [0.05, 0.1) is 21.6 Å². The van der Waals surface area contributed by atoms with Crippen molar-refractivity contribution in [3.05, 3.63) is 93.6 Å². The van der Waals surface area contributed by atoms with Gasteiger partial charge in [-0.05, 0) is 30.3 Å². The topological polar surface area (TPSA) is 39.9 Å². The SMILES string of the molecule is Clc1ccc(Cl)c(-n2nc3c(cnc4ccccc43)c2OCc2ccccc2Cl)c1. The van der Waals surface area contributed by atoms with E-state index in [2.05, 4.69) is 4.98 Å². The lowest BCUT2D eigenvalue weighted by Crippen LogP contribution is -2.04. The summed E-state index contributed by atoms with van der Waals surface area (Å²) >= 11 is 19.0. The molecule has 2 aromatic heterocycles. The summed E-state index contributed by atoms with van der Waals surface area (Å²) in [5, 5.41) is 8.22. The number of nitrogens with zero attached hydrogens (tertiary/aromatic N) is 3. The maximum absolute atomic E-state index is 6.48. The molecule has 5 rings (SSSR count). The van der Waals surface area contributed by atoms with E-state index in [1.54, 1.807) is 29.1 Å². The van der Waals surface area contributed by atoms with E-state index in [0.29, 0.717) is 26.6 Å². The molecule has 0 N–H and O–H groups in total. The van der Waals surface area contributed by atoms with Gasteiger partial charge >= 0.3 is 0 Å². The van der Waals surface area contributed by atoms with Gasteiger partial charge in [-0.25, -0.2) is 0 Å². The number of hydrogen-bond donors (Lipinski definition) is 0. The van der Waals surface area contributed by atoms with Crippen molar-refractivity contribution < 1.29 is 4.74 Å². The fourth-order valence-electron chi connectivity index (χ4n) is 3.36. The van der Waals surface area contributed by atoms with Crippen molar-refractivity contribution in [2.75, 3.05) is 0 Å². The molecular formula is C23H14Cl3N3O. The number of halogens is 3. The molecule has 0 radical (unpaired) electrons. The summed E-state index contributed by atoms with van der Waals surface area (Å²) in [6.07, 6.45) is 1.77. The average Bonchev–Trinajstić information content (AvgIpc) is 3.13. The maximum atomic E-state index is 6.48. The molecule has 30 heavy (non-hydrogen) atoms. The molecule has 3 aromatic carbocycles. The second kappa shape index (κ2) is 7.80. The molecule has 5 aromatic rings. The van der Waals surface area contributed by atoms with Gasteiger partial charge in [-0.3, -0.25) is 4.98 Å². The molecule has 0 spiro atoms. The van der Waals surface area contributed by atoms with Crippen LogP contribution < -0.4 is 4.74 Å². The van der Waals surface area contributed by atoms with Crippen LogP contribution in [0.15, 0.2) is 72.9 Å². The van der Waals surface area contributed by atoms with Crippen LogP contribution in [0.5, 0.6) is 5.88 Å². The van der Waals surface area contributed by atoms with E-state index in [0.717, 1.165) is 27.4 Å². The van der Waals surface area contributed by atoms with Crippen LogP contribution in [0.3, 0.4) is 0 Å². The number of fused-ring (bicyclic) bond motifs is 3. The minimum absolute atomic E-state index is 0.269. The number of rotatable bonds is 4. The monoisotopic (exact) mass is 453 g/mol. The maximum Gasteiger partial charge on any atom is 0.226 e. The van der Waals surface area contributed by atoms with Crippen molar-refractivity contribution in [1.82, 2.24) is 14.8 Å². The van der Waals surface area contributed by atoms with Crippen LogP contribution in [0.2, 0.25) is 15.1 Å². The van der Waals surface area contributed by atoms with Crippen molar-refractivity contribution in [2.45, 2.75) is 6.61 Å². The van der Waals surface area contributed by atoms with Crippen LogP contribution in [-0.2, 0) is 6.61 Å². The van der Waals surface area contributed by atoms with Gasteiger partial charge in [0.15, 0.2) is 0 Å². The van der Waals surface area contributed by atoms with Crippen molar-refractivity contribution in [3.63, 3.8) is 0 Å². The summed E-state index contributed by atoms with van der Waals surface area (Å²) in [5.74, 6) is 0.521. The number of benzene rings is 3. The van der Waals surface area contributed by atoms with Crippen LogP contribution in [-0.4, -0.2) is 14.8 Å². The number of hydrogen-bond acceptors (Lipinski definition) is 3. The van der Waals surface area contributed by atoms with Gasteiger partial charge in [0.2, 0.25) is 5.88 Å². The molecule has 0 atom stereocenters. The highest BCUT2D eigenvalue weighted by Gasteiger charge is 2.19. The number of para-hydroxylation sites is 1. The first kappa shape index (κ1) is 19.2. The average molecular weight is 455 g/mol. The Morgan fingerprint density at radius 2 is 1.63 bits per heavy atom.